The molecule has 9 heteroatoms. The Morgan fingerprint density at radius 3 is 2.17 bits per heavy atom. The smallest absolute Gasteiger partial charge is 0.308 e. The van der Waals surface area contributed by atoms with Crippen LogP contribution in [-0.2, 0) is 9.59 Å². The summed E-state index contributed by atoms with van der Waals surface area (Å²) in [5.41, 5.74) is 4.98. The third kappa shape index (κ3) is 5.52. The average Bonchev–Trinajstić information content (AvgIpc) is 3.14. The van der Waals surface area contributed by atoms with E-state index in [0.29, 0.717) is 53.8 Å². The Kier molecular flexibility index (Phi) is 8.05. The van der Waals surface area contributed by atoms with E-state index in [-0.39, 0.29) is 11.7 Å². The van der Waals surface area contributed by atoms with E-state index in [0.717, 1.165) is 28.2 Å². The van der Waals surface area contributed by atoms with Crippen molar-refractivity contribution in [1.82, 2.24) is 0 Å². The molecule has 0 saturated carbocycles. The zero-order valence-electron chi connectivity index (χ0n) is 23.8. The number of rotatable bonds is 8. The van der Waals surface area contributed by atoms with Crippen molar-refractivity contribution in [1.29, 1.82) is 0 Å². The van der Waals surface area contributed by atoms with Crippen LogP contribution in [0.4, 0.5) is 11.4 Å². The number of benzene rings is 3. The maximum atomic E-state index is 14.0. The summed E-state index contributed by atoms with van der Waals surface area (Å²) < 4.78 is 27.8. The maximum Gasteiger partial charge on any atom is 0.308 e. The molecule has 2 aliphatic rings. The van der Waals surface area contributed by atoms with Crippen LogP contribution in [0.15, 0.2) is 65.9 Å². The molecule has 1 aliphatic carbocycles. The molecule has 5 rings (SSSR count). The number of ether oxygens (including phenoxy) is 5. The van der Waals surface area contributed by atoms with Crippen LogP contribution in [0.1, 0.15) is 49.8 Å². The van der Waals surface area contributed by atoms with Gasteiger partial charge in [-0.3, -0.25) is 9.59 Å². The fraction of sp³-hybridized carbons (Fsp3) is 0.312. The molecule has 0 saturated heterocycles. The van der Waals surface area contributed by atoms with Crippen LogP contribution in [0, 0.1) is 0 Å². The maximum absolute atomic E-state index is 14.0. The molecule has 1 heterocycles. The van der Waals surface area contributed by atoms with Crippen molar-refractivity contribution in [3.63, 3.8) is 0 Å². The van der Waals surface area contributed by atoms with Gasteiger partial charge in [0, 0.05) is 24.6 Å². The Morgan fingerprint density at radius 2 is 1.54 bits per heavy atom. The number of carbonyl (C=O) groups excluding carboxylic acids is 2. The molecule has 0 radical (unpaired) electrons. The number of hydrogen-bond acceptors (Lipinski definition) is 9. The summed E-state index contributed by atoms with van der Waals surface area (Å²) in [4.78, 5) is 25.7. The van der Waals surface area contributed by atoms with Crippen molar-refractivity contribution >= 4 is 23.1 Å². The number of anilines is 2. The highest BCUT2D eigenvalue weighted by molar-refractivity contribution is 6.01. The number of fused-ring (bicyclic) bond motifs is 1. The van der Waals surface area contributed by atoms with Gasteiger partial charge in [0.25, 0.3) is 0 Å². The second-order valence-electron chi connectivity index (χ2n) is 9.86. The van der Waals surface area contributed by atoms with Crippen LogP contribution in [0.5, 0.6) is 28.7 Å². The van der Waals surface area contributed by atoms with Gasteiger partial charge in [-0.2, -0.15) is 0 Å². The Morgan fingerprint density at radius 1 is 0.854 bits per heavy atom. The van der Waals surface area contributed by atoms with Gasteiger partial charge in [-0.1, -0.05) is 18.2 Å². The van der Waals surface area contributed by atoms with Gasteiger partial charge >= 0.3 is 5.97 Å². The lowest BCUT2D eigenvalue weighted by molar-refractivity contribution is -0.132. The van der Waals surface area contributed by atoms with Gasteiger partial charge < -0.3 is 34.3 Å². The number of carbonyl (C=O) groups is 2. The van der Waals surface area contributed by atoms with Crippen molar-refractivity contribution in [2.45, 2.75) is 38.6 Å². The standard InChI is InChI=1S/C32H34N2O7/c1-6-40-27-15-19(11-12-26(27)41-18(2)35)31-30-24(33-22-9-7-8-10-23(22)34-31)13-20(14-25(30)36)21-16-28(37-3)32(39-5)29(17-21)38-4/h7-12,15-17,20,31,33-34H,6,13-14H2,1-5H3/t20-,31-/m0/s1. The molecular weight excluding hydrogens is 524 g/mol. The highest BCUT2D eigenvalue weighted by Gasteiger charge is 2.37. The first-order valence-electron chi connectivity index (χ1n) is 13.5. The molecule has 0 aromatic heterocycles. The normalized spacial score (nSPS) is 17.7. The number of methoxy groups -OCH3 is 3. The Hall–Kier alpha value is -4.66. The van der Waals surface area contributed by atoms with Crippen molar-refractivity contribution < 1.29 is 33.3 Å². The zero-order valence-corrected chi connectivity index (χ0v) is 23.8. The summed E-state index contributed by atoms with van der Waals surface area (Å²) in [5.74, 6) is 1.84. The fourth-order valence-corrected chi connectivity index (χ4v) is 5.53. The van der Waals surface area contributed by atoms with Gasteiger partial charge in [0.1, 0.15) is 0 Å². The molecule has 0 fully saturated rings. The molecule has 0 bridgehead atoms. The Labute approximate surface area is 239 Å². The van der Waals surface area contributed by atoms with Crippen LogP contribution >= 0.6 is 0 Å². The molecule has 2 N–H and O–H groups in total. The molecule has 1 aliphatic heterocycles. The fourth-order valence-electron chi connectivity index (χ4n) is 5.53. The highest BCUT2D eigenvalue weighted by Crippen LogP contribution is 2.47. The number of esters is 1. The minimum absolute atomic E-state index is 0.0184. The monoisotopic (exact) mass is 558 g/mol. The Balaban J connectivity index is 1.60. The van der Waals surface area contributed by atoms with E-state index in [4.69, 9.17) is 23.7 Å². The summed E-state index contributed by atoms with van der Waals surface area (Å²) in [7, 11) is 4.73. The predicted molar refractivity (Wildman–Crippen MR) is 155 cm³/mol. The van der Waals surface area contributed by atoms with Gasteiger partial charge in [0.2, 0.25) is 5.75 Å². The van der Waals surface area contributed by atoms with E-state index in [1.807, 2.05) is 55.5 Å². The summed E-state index contributed by atoms with van der Waals surface area (Å²) >= 11 is 0. The number of ketones is 1. The molecule has 0 unspecified atom stereocenters. The molecular formula is C32H34N2O7. The van der Waals surface area contributed by atoms with Gasteiger partial charge in [-0.25, -0.2) is 0 Å². The van der Waals surface area contributed by atoms with Gasteiger partial charge in [-0.05, 0) is 66.8 Å². The van der Waals surface area contributed by atoms with Crippen LogP contribution in [0.2, 0.25) is 0 Å². The van der Waals surface area contributed by atoms with E-state index in [2.05, 4.69) is 10.6 Å². The van der Waals surface area contributed by atoms with Crippen molar-refractivity contribution in [2.75, 3.05) is 38.6 Å². The SMILES string of the molecule is CCOc1cc([C@@H]2Nc3ccccc3NC3=C2C(=O)C[C@@H](c2cc(OC)c(OC)c(OC)c2)C3)ccc1OC(C)=O. The van der Waals surface area contributed by atoms with E-state index in [9.17, 15) is 9.59 Å². The largest absolute Gasteiger partial charge is 0.493 e. The minimum atomic E-state index is -0.458. The molecule has 3 aromatic carbocycles. The zero-order chi connectivity index (χ0) is 29.1. The van der Waals surface area contributed by atoms with E-state index >= 15 is 0 Å². The average molecular weight is 559 g/mol. The quantitative estimate of drug-likeness (QED) is 0.254. The van der Waals surface area contributed by atoms with Crippen LogP contribution in [-0.4, -0.2) is 39.7 Å². The number of Topliss-reactive ketones (excluding diaryl/α,β-unsaturated/α-hetero) is 1. The van der Waals surface area contributed by atoms with Crippen molar-refractivity contribution in [3.05, 3.63) is 77.0 Å². The Bertz CT molecular complexity index is 1490. The molecule has 0 spiro atoms. The molecule has 0 amide bonds. The number of hydrogen-bond donors (Lipinski definition) is 2. The topological polar surface area (TPSA) is 104 Å². The number of nitrogens with one attached hydrogen (secondary N) is 2. The second kappa shape index (κ2) is 11.8. The first-order valence-corrected chi connectivity index (χ1v) is 13.5. The van der Waals surface area contributed by atoms with Gasteiger partial charge in [-0.15, -0.1) is 0 Å². The summed E-state index contributed by atoms with van der Waals surface area (Å²) in [6.45, 7) is 3.60. The predicted octanol–water partition coefficient (Wildman–Crippen LogP) is 6.02. The van der Waals surface area contributed by atoms with E-state index in [1.54, 1.807) is 27.4 Å². The molecule has 214 valence electrons. The molecule has 3 aromatic rings. The van der Waals surface area contributed by atoms with Crippen LogP contribution in [0.25, 0.3) is 0 Å². The summed E-state index contributed by atoms with van der Waals surface area (Å²) in [6, 6.07) is 16.6. The lowest BCUT2D eigenvalue weighted by Gasteiger charge is -2.30. The van der Waals surface area contributed by atoms with Gasteiger partial charge in [0.15, 0.2) is 28.8 Å². The second-order valence-corrected chi connectivity index (χ2v) is 9.86. The van der Waals surface area contributed by atoms with Crippen LogP contribution < -0.4 is 34.3 Å². The van der Waals surface area contributed by atoms with Gasteiger partial charge in [0.05, 0.1) is 45.4 Å². The van der Waals surface area contributed by atoms with E-state index in [1.165, 1.54) is 6.92 Å². The lowest BCUT2D eigenvalue weighted by Crippen LogP contribution is -2.27. The number of allylic oxidation sites excluding steroid dienone is 1. The highest BCUT2D eigenvalue weighted by atomic mass is 16.6. The first kappa shape index (κ1) is 27.9. The third-order valence-electron chi connectivity index (χ3n) is 7.32. The van der Waals surface area contributed by atoms with Crippen molar-refractivity contribution in [3.8, 4) is 28.7 Å². The lowest BCUT2D eigenvalue weighted by atomic mass is 9.78. The van der Waals surface area contributed by atoms with E-state index < -0.39 is 12.0 Å². The third-order valence-corrected chi connectivity index (χ3v) is 7.32. The molecule has 9 nitrogen and oxygen atoms in total. The summed E-state index contributed by atoms with van der Waals surface area (Å²) in [5, 5.41) is 7.14. The molecule has 41 heavy (non-hydrogen) atoms. The number of para-hydroxylation sites is 2. The van der Waals surface area contributed by atoms with Crippen LogP contribution in [0.3, 0.4) is 0 Å². The summed E-state index contributed by atoms with van der Waals surface area (Å²) in [6.07, 6.45) is 0.896. The van der Waals surface area contributed by atoms with Crippen molar-refractivity contribution in [2.24, 2.45) is 0 Å². The molecule has 2 atom stereocenters. The minimum Gasteiger partial charge on any atom is -0.493 e. The first-order chi connectivity index (χ1) is 19.9.